The third-order valence-corrected chi connectivity index (χ3v) is 6.57. The summed E-state index contributed by atoms with van der Waals surface area (Å²) in [4.78, 5) is 29.6. The number of piperazine rings is 1. The Bertz CT molecular complexity index is 1050. The molecule has 3 aromatic rings. The molecule has 2 N–H and O–H groups in total. The first-order chi connectivity index (χ1) is 16.5. The van der Waals surface area contributed by atoms with E-state index in [2.05, 4.69) is 80.0 Å². The average Bonchev–Trinajstić information content (AvgIpc) is 2.87. The van der Waals surface area contributed by atoms with Gasteiger partial charge in [-0.15, -0.1) is 0 Å². The Morgan fingerprint density at radius 2 is 1.32 bits per heavy atom. The largest absolute Gasteiger partial charge is 0.338 e. The van der Waals surface area contributed by atoms with E-state index >= 15 is 0 Å². The van der Waals surface area contributed by atoms with Crippen LogP contribution in [0.15, 0.2) is 89.4 Å². The van der Waals surface area contributed by atoms with Gasteiger partial charge in [0.1, 0.15) is 6.04 Å². The van der Waals surface area contributed by atoms with Crippen LogP contribution < -0.4 is 10.6 Å². The Labute approximate surface area is 209 Å². The van der Waals surface area contributed by atoms with Crippen LogP contribution in [-0.2, 0) is 4.79 Å². The van der Waals surface area contributed by atoms with E-state index in [1.165, 1.54) is 11.1 Å². The van der Waals surface area contributed by atoms with E-state index in [0.717, 1.165) is 17.6 Å². The molecule has 0 bridgehead atoms. The van der Waals surface area contributed by atoms with E-state index in [9.17, 15) is 9.59 Å². The van der Waals surface area contributed by atoms with Gasteiger partial charge < -0.3 is 15.5 Å². The maximum atomic E-state index is 13.0. The Hall–Kier alpha value is -3.16. The number of nitrogens with one attached hydrogen (secondary N) is 2. The summed E-state index contributed by atoms with van der Waals surface area (Å²) in [5, 5.41) is 5.53. The van der Waals surface area contributed by atoms with Crippen LogP contribution >= 0.6 is 15.9 Å². The van der Waals surface area contributed by atoms with E-state index in [-0.39, 0.29) is 11.9 Å². The summed E-state index contributed by atoms with van der Waals surface area (Å²) >= 11 is 3.37. The van der Waals surface area contributed by atoms with Gasteiger partial charge in [-0.1, -0.05) is 76.6 Å². The molecule has 1 aliphatic rings. The predicted octanol–water partition coefficient (Wildman–Crippen LogP) is 4.89. The minimum Gasteiger partial charge on any atom is -0.338 e. The van der Waals surface area contributed by atoms with Crippen molar-refractivity contribution in [1.82, 2.24) is 15.1 Å². The predicted molar refractivity (Wildman–Crippen MR) is 139 cm³/mol. The Balaban J connectivity index is 1.35. The number of halogens is 1. The van der Waals surface area contributed by atoms with Gasteiger partial charge in [-0.25, -0.2) is 4.79 Å². The van der Waals surface area contributed by atoms with E-state index in [4.69, 9.17) is 0 Å². The second kappa shape index (κ2) is 11.3. The first-order valence-electron chi connectivity index (χ1n) is 11.5. The van der Waals surface area contributed by atoms with Crippen molar-refractivity contribution in [3.8, 4) is 0 Å². The molecule has 0 radical (unpaired) electrons. The van der Waals surface area contributed by atoms with Crippen molar-refractivity contribution >= 4 is 33.6 Å². The second-order valence-corrected chi connectivity index (χ2v) is 9.33. The minimum absolute atomic E-state index is 0.0680. The van der Waals surface area contributed by atoms with Gasteiger partial charge in [0.25, 0.3) is 0 Å². The summed E-state index contributed by atoms with van der Waals surface area (Å²) in [6.07, 6.45) is 0. The van der Waals surface area contributed by atoms with Crippen LogP contribution in [0.2, 0.25) is 0 Å². The summed E-state index contributed by atoms with van der Waals surface area (Å²) in [6.45, 7) is 4.49. The number of carbonyl (C=O) groups excluding carboxylic acids is 2. The molecule has 34 heavy (non-hydrogen) atoms. The lowest BCUT2D eigenvalue weighted by molar-refractivity contribution is -0.134. The second-order valence-electron chi connectivity index (χ2n) is 8.41. The van der Waals surface area contributed by atoms with Crippen LogP contribution in [0.3, 0.4) is 0 Å². The van der Waals surface area contributed by atoms with Gasteiger partial charge in [0.2, 0.25) is 5.91 Å². The van der Waals surface area contributed by atoms with Gasteiger partial charge in [-0.3, -0.25) is 9.69 Å². The molecule has 0 aliphatic carbocycles. The van der Waals surface area contributed by atoms with Gasteiger partial charge >= 0.3 is 6.03 Å². The summed E-state index contributed by atoms with van der Waals surface area (Å²) in [5.74, 6) is -0.0680. The number of rotatable bonds is 6. The van der Waals surface area contributed by atoms with Gasteiger partial charge in [0.15, 0.2) is 0 Å². The number of amides is 3. The Kier molecular flexibility index (Phi) is 7.98. The fourth-order valence-electron chi connectivity index (χ4n) is 4.32. The zero-order chi connectivity index (χ0) is 23.9. The van der Waals surface area contributed by atoms with E-state index in [1.807, 2.05) is 29.2 Å². The molecule has 1 saturated heterocycles. The molecule has 0 spiro atoms. The summed E-state index contributed by atoms with van der Waals surface area (Å²) in [7, 11) is 0. The molecule has 176 valence electrons. The lowest BCUT2D eigenvalue weighted by Gasteiger charge is -2.40. The number of anilines is 1. The van der Waals surface area contributed by atoms with Crippen LogP contribution in [0.1, 0.15) is 24.1 Å². The van der Waals surface area contributed by atoms with Crippen molar-refractivity contribution in [3.63, 3.8) is 0 Å². The van der Waals surface area contributed by atoms with Crippen LogP contribution in [0.25, 0.3) is 0 Å². The molecule has 3 aromatic carbocycles. The summed E-state index contributed by atoms with van der Waals surface area (Å²) < 4.78 is 0.933. The van der Waals surface area contributed by atoms with Crippen molar-refractivity contribution < 1.29 is 9.59 Å². The van der Waals surface area contributed by atoms with E-state index in [0.29, 0.717) is 18.8 Å². The van der Waals surface area contributed by atoms with Crippen molar-refractivity contribution in [2.75, 3.05) is 31.5 Å². The number of urea groups is 1. The number of nitrogens with zero attached hydrogens (tertiary/aromatic N) is 2. The lowest BCUT2D eigenvalue weighted by atomic mass is 9.96. The normalized spacial score (nSPS) is 15.1. The molecule has 7 heteroatoms. The molecule has 1 unspecified atom stereocenters. The highest BCUT2D eigenvalue weighted by Crippen LogP contribution is 2.29. The number of hydrogen-bond acceptors (Lipinski definition) is 3. The monoisotopic (exact) mass is 520 g/mol. The molecule has 4 rings (SSSR count). The number of carbonyl (C=O) groups is 2. The molecular weight excluding hydrogens is 492 g/mol. The third-order valence-electron chi connectivity index (χ3n) is 6.04. The Morgan fingerprint density at radius 3 is 1.85 bits per heavy atom. The van der Waals surface area contributed by atoms with Crippen LogP contribution in [0, 0.1) is 0 Å². The average molecular weight is 521 g/mol. The number of benzene rings is 3. The third kappa shape index (κ3) is 6.04. The van der Waals surface area contributed by atoms with Crippen molar-refractivity contribution in [2.45, 2.75) is 19.0 Å². The van der Waals surface area contributed by atoms with Gasteiger partial charge in [-0.05, 0) is 42.3 Å². The van der Waals surface area contributed by atoms with Gasteiger partial charge in [0, 0.05) is 36.3 Å². The lowest BCUT2D eigenvalue weighted by Crippen LogP contribution is -2.55. The maximum absolute atomic E-state index is 13.0. The van der Waals surface area contributed by atoms with Crippen molar-refractivity contribution in [1.29, 1.82) is 0 Å². The number of hydrogen-bond donors (Lipinski definition) is 2. The zero-order valence-electron chi connectivity index (χ0n) is 19.2. The minimum atomic E-state index is -0.610. The topological polar surface area (TPSA) is 64.7 Å². The smallest absolute Gasteiger partial charge is 0.319 e. The van der Waals surface area contributed by atoms with Gasteiger partial charge in [-0.2, -0.15) is 0 Å². The van der Waals surface area contributed by atoms with Gasteiger partial charge in [0.05, 0.1) is 6.04 Å². The molecule has 1 fully saturated rings. The van der Waals surface area contributed by atoms with Crippen LogP contribution in [0.4, 0.5) is 10.5 Å². The summed E-state index contributed by atoms with van der Waals surface area (Å²) in [5.41, 5.74) is 3.16. The van der Waals surface area contributed by atoms with E-state index in [1.54, 1.807) is 19.1 Å². The van der Waals surface area contributed by atoms with Crippen LogP contribution in [-0.4, -0.2) is 54.0 Å². The molecule has 1 aliphatic heterocycles. The molecule has 3 amide bonds. The molecule has 0 saturated carbocycles. The highest BCUT2D eigenvalue weighted by molar-refractivity contribution is 9.10. The molecular formula is C27H29BrN4O2. The molecule has 0 aromatic heterocycles. The quantitative estimate of drug-likeness (QED) is 0.486. The molecule has 1 atom stereocenters. The van der Waals surface area contributed by atoms with Crippen molar-refractivity contribution in [2.24, 2.45) is 0 Å². The molecule has 1 heterocycles. The summed E-state index contributed by atoms with van der Waals surface area (Å²) in [6, 6.07) is 27.4. The standard InChI is InChI=1S/C27H29BrN4O2/c1-20(29-27(34)30-24-14-12-23(28)13-15-24)26(33)32-18-16-31(17-19-32)25(21-8-4-2-5-9-21)22-10-6-3-7-11-22/h2-15,20,25H,16-19H2,1H3,(H2,29,30,34). The SMILES string of the molecule is CC(NC(=O)Nc1ccc(Br)cc1)C(=O)N1CCN(C(c2ccccc2)c2ccccc2)CC1. The Morgan fingerprint density at radius 1 is 0.794 bits per heavy atom. The fourth-order valence-corrected chi connectivity index (χ4v) is 4.58. The maximum Gasteiger partial charge on any atom is 0.319 e. The zero-order valence-corrected chi connectivity index (χ0v) is 20.7. The first kappa shape index (κ1) is 24.0. The van der Waals surface area contributed by atoms with Crippen molar-refractivity contribution in [3.05, 3.63) is 101 Å². The highest BCUT2D eigenvalue weighted by atomic mass is 79.9. The van der Waals surface area contributed by atoms with Crippen LogP contribution in [0.5, 0.6) is 0 Å². The first-order valence-corrected chi connectivity index (χ1v) is 12.3. The highest BCUT2D eigenvalue weighted by Gasteiger charge is 2.30. The fraction of sp³-hybridized carbons (Fsp3) is 0.259. The molecule has 6 nitrogen and oxygen atoms in total. The van der Waals surface area contributed by atoms with E-state index < -0.39 is 12.1 Å².